The second-order valence-corrected chi connectivity index (χ2v) is 6.91. The second-order valence-electron chi connectivity index (χ2n) is 6.91. The zero-order chi connectivity index (χ0) is 19.7. The van der Waals surface area contributed by atoms with E-state index in [0.717, 1.165) is 53.2 Å². The van der Waals surface area contributed by atoms with Gasteiger partial charge in [-0.05, 0) is 41.6 Å². The number of fused-ring (bicyclic) bond motifs is 4. The highest BCUT2D eigenvalue weighted by molar-refractivity contribution is 5.91. The third kappa shape index (κ3) is 3.73. The Bertz CT molecular complexity index is 1040. The third-order valence-corrected chi connectivity index (χ3v) is 5.26. The van der Waals surface area contributed by atoms with Gasteiger partial charge in [-0.1, -0.05) is 6.92 Å². The van der Waals surface area contributed by atoms with Crippen molar-refractivity contribution in [3.05, 3.63) is 42.1 Å². The van der Waals surface area contributed by atoms with E-state index in [-0.39, 0.29) is 17.0 Å². The van der Waals surface area contributed by atoms with Gasteiger partial charge in [0.05, 0.1) is 38.9 Å². The molecule has 29 heavy (non-hydrogen) atoms. The van der Waals surface area contributed by atoms with E-state index < -0.39 is 0 Å². The quantitative estimate of drug-likeness (QED) is 0.518. The van der Waals surface area contributed by atoms with Gasteiger partial charge in [0.15, 0.2) is 35.7 Å². The van der Waals surface area contributed by atoms with Gasteiger partial charge in [0.25, 0.3) is 0 Å². The summed E-state index contributed by atoms with van der Waals surface area (Å²) in [5.74, 6) is 3.10. The number of halogens is 1. The van der Waals surface area contributed by atoms with Crippen molar-refractivity contribution in [2.24, 2.45) is 0 Å². The fraction of sp³-hybridized carbons (Fsp3) is 0.348. The van der Waals surface area contributed by atoms with Crippen LogP contribution in [0.15, 0.2) is 36.5 Å². The number of aryl methyl sites for hydroxylation is 2. The highest BCUT2D eigenvalue weighted by Gasteiger charge is 2.27. The minimum Gasteiger partial charge on any atom is -1.00 e. The van der Waals surface area contributed by atoms with Crippen LogP contribution in [0, 0.1) is 0 Å². The molecule has 0 saturated carbocycles. The van der Waals surface area contributed by atoms with Crippen LogP contribution in [0.25, 0.3) is 22.0 Å². The number of methoxy groups -OCH3 is 3. The first-order chi connectivity index (χ1) is 13.7. The molecule has 4 rings (SSSR count). The van der Waals surface area contributed by atoms with E-state index in [4.69, 9.17) is 18.9 Å². The van der Waals surface area contributed by atoms with Gasteiger partial charge in [-0.3, -0.25) is 0 Å². The van der Waals surface area contributed by atoms with E-state index in [9.17, 15) is 0 Å². The first-order valence-electron chi connectivity index (χ1n) is 9.62. The van der Waals surface area contributed by atoms with Crippen molar-refractivity contribution in [2.45, 2.75) is 26.3 Å². The lowest BCUT2D eigenvalue weighted by atomic mass is 9.95. The summed E-state index contributed by atoms with van der Waals surface area (Å²) in [4.78, 5) is 0. The molecule has 0 atom stereocenters. The van der Waals surface area contributed by atoms with Crippen molar-refractivity contribution in [3.8, 4) is 34.3 Å². The molecule has 6 heteroatoms. The van der Waals surface area contributed by atoms with Crippen LogP contribution in [-0.4, -0.2) is 27.9 Å². The van der Waals surface area contributed by atoms with Gasteiger partial charge in [-0.15, -0.1) is 0 Å². The monoisotopic (exact) mass is 459 g/mol. The molecule has 0 unspecified atom stereocenters. The van der Waals surface area contributed by atoms with Crippen LogP contribution in [0.4, 0.5) is 0 Å². The van der Waals surface area contributed by atoms with Crippen molar-refractivity contribution in [3.63, 3.8) is 0 Å². The topological polar surface area (TPSA) is 40.8 Å². The maximum absolute atomic E-state index is 6.04. The molecule has 0 saturated heterocycles. The first kappa shape index (κ1) is 21.2. The number of hydrogen-bond donors (Lipinski definition) is 0. The summed E-state index contributed by atoms with van der Waals surface area (Å²) in [6.45, 7) is 3.67. The van der Waals surface area contributed by atoms with Gasteiger partial charge in [-0.25, -0.2) is 0 Å². The van der Waals surface area contributed by atoms with Crippen LogP contribution in [0.5, 0.6) is 23.0 Å². The largest absolute Gasteiger partial charge is 1.00 e. The highest BCUT2D eigenvalue weighted by Crippen LogP contribution is 2.40. The van der Waals surface area contributed by atoms with Crippen molar-refractivity contribution in [2.75, 3.05) is 27.9 Å². The molecule has 0 N–H and O–H groups in total. The van der Waals surface area contributed by atoms with Gasteiger partial charge in [0.1, 0.15) is 0 Å². The molecule has 0 aliphatic carbocycles. The molecule has 2 aromatic carbocycles. The molecule has 1 aliphatic heterocycles. The summed E-state index contributed by atoms with van der Waals surface area (Å²) >= 11 is 0. The van der Waals surface area contributed by atoms with E-state index in [2.05, 4.69) is 42.0 Å². The summed E-state index contributed by atoms with van der Waals surface area (Å²) in [5.41, 5.74) is 3.62. The average Bonchev–Trinajstić information content (AvgIpc) is 2.74. The van der Waals surface area contributed by atoms with Crippen LogP contribution in [-0.2, 0) is 13.0 Å². The SMILES string of the molecule is CCCOc1c(OC)ccc2cc3[n+](cc12)CCc1cc(OC)c(OC)cc1-3.[Br-]. The lowest BCUT2D eigenvalue weighted by Crippen LogP contribution is -3.00. The van der Waals surface area contributed by atoms with Crippen LogP contribution >= 0.6 is 0 Å². The standard InChI is InChI=1S/C23H26NO4.BrH/c1-5-10-28-23-18-14-24-9-8-16-12-21(26-3)22(27-4)13-17(16)19(24)11-15(18)6-7-20(23)25-2;/h6-7,11-14H,5,8-10H2,1-4H3;1H/q+1;/p-1. The molecule has 5 nitrogen and oxygen atoms in total. The fourth-order valence-electron chi connectivity index (χ4n) is 3.85. The molecule has 1 aliphatic rings. The van der Waals surface area contributed by atoms with Crippen molar-refractivity contribution < 1.29 is 40.5 Å². The number of benzene rings is 2. The molecule has 3 aromatic rings. The number of pyridine rings is 1. The van der Waals surface area contributed by atoms with Crippen molar-refractivity contribution in [1.29, 1.82) is 0 Å². The summed E-state index contributed by atoms with van der Waals surface area (Å²) < 4.78 is 24.9. The number of aromatic nitrogens is 1. The van der Waals surface area contributed by atoms with Gasteiger partial charge >= 0.3 is 0 Å². The van der Waals surface area contributed by atoms with E-state index in [0.29, 0.717) is 6.61 Å². The molecule has 1 aromatic heterocycles. The number of hydrogen-bond acceptors (Lipinski definition) is 4. The molecule has 0 radical (unpaired) electrons. The Hall–Kier alpha value is -2.47. The van der Waals surface area contributed by atoms with Gasteiger partial charge < -0.3 is 35.9 Å². The molecular weight excluding hydrogens is 434 g/mol. The molecule has 0 spiro atoms. The van der Waals surface area contributed by atoms with Crippen LogP contribution in [0.3, 0.4) is 0 Å². The number of nitrogens with zero attached hydrogens (tertiary/aromatic N) is 1. The summed E-state index contributed by atoms with van der Waals surface area (Å²) in [5, 5.41) is 2.20. The summed E-state index contributed by atoms with van der Waals surface area (Å²) in [7, 11) is 5.03. The molecule has 0 amide bonds. The smallest absolute Gasteiger partial charge is 0.213 e. The lowest BCUT2D eigenvalue weighted by molar-refractivity contribution is -0.686. The van der Waals surface area contributed by atoms with Crippen LogP contribution in [0.2, 0.25) is 0 Å². The maximum Gasteiger partial charge on any atom is 0.213 e. The molecule has 2 heterocycles. The van der Waals surface area contributed by atoms with Crippen LogP contribution in [0.1, 0.15) is 18.9 Å². The Kier molecular flexibility index (Phi) is 6.52. The Labute approximate surface area is 181 Å². The molecule has 0 bridgehead atoms. The van der Waals surface area contributed by atoms with E-state index in [1.807, 2.05) is 6.07 Å². The predicted octanol–water partition coefficient (Wildman–Crippen LogP) is 1.17. The predicted molar refractivity (Wildman–Crippen MR) is 109 cm³/mol. The fourth-order valence-corrected chi connectivity index (χ4v) is 3.85. The summed E-state index contributed by atoms with van der Waals surface area (Å²) in [6, 6.07) is 10.4. The van der Waals surface area contributed by atoms with Gasteiger partial charge in [0, 0.05) is 12.5 Å². The Morgan fingerprint density at radius 1 is 0.931 bits per heavy atom. The Balaban J connectivity index is 0.00000240. The molecular formula is C23H26BrNO4. The summed E-state index contributed by atoms with van der Waals surface area (Å²) in [6.07, 6.45) is 4.07. The van der Waals surface area contributed by atoms with E-state index in [1.54, 1.807) is 21.3 Å². The van der Waals surface area contributed by atoms with Crippen molar-refractivity contribution in [1.82, 2.24) is 0 Å². The van der Waals surface area contributed by atoms with Gasteiger partial charge in [-0.2, -0.15) is 4.57 Å². The third-order valence-electron chi connectivity index (χ3n) is 5.26. The minimum atomic E-state index is 0. The normalized spacial score (nSPS) is 11.9. The van der Waals surface area contributed by atoms with E-state index in [1.165, 1.54) is 16.8 Å². The lowest BCUT2D eigenvalue weighted by Gasteiger charge is -2.19. The van der Waals surface area contributed by atoms with E-state index >= 15 is 0 Å². The van der Waals surface area contributed by atoms with Gasteiger partial charge in [0.2, 0.25) is 5.69 Å². The Morgan fingerprint density at radius 2 is 1.66 bits per heavy atom. The second kappa shape index (κ2) is 8.91. The zero-order valence-electron chi connectivity index (χ0n) is 17.3. The molecule has 154 valence electrons. The van der Waals surface area contributed by atoms with Crippen LogP contribution < -0.4 is 40.5 Å². The maximum atomic E-state index is 6.04. The first-order valence-corrected chi connectivity index (χ1v) is 9.62. The molecule has 0 fully saturated rings. The highest BCUT2D eigenvalue weighted by atomic mass is 79.9. The zero-order valence-corrected chi connectivity index (χ0v) is 18.8. The number of rotatable bonds is 6. The minimum absolute atomic E-state index is 0. The Morgan fingerprint density at radius 3 is 2.34 bits per heavy atom. The number of ether oxygens (including phenoxy) is 4. The average molecular weight is 460 g/mol. The van der Waals surface area contributed by atoms with Crippen molar-refractivity contribution >= 4 is 10.8 Å².